The molecule has 0 fully saturated rings. The van der Waals surface area contributed by atoms with Gasteiger partial charge in [-0.15, -0.1) is 0 Å². The SMILES string of the molecule is CCOc1ccccc1COC(=O)c1cccc(S(=O)(=O)N(C)C(C)C)c1. The molecule has 0 radical (unpaired) electrons. The Hall–Kier alpha value is -2.38. The van der Waals surface area contributed by atoms with Gasteiger partial charge >= 0.3 is 5.97 Å². The molecule has 0 unspecified atom stereocenters. The van der Waals surface area contributed by atoms with Gasteiger partial charge in [0.15, 0.2) is 0 Å². The molecule has 0 aliphatic carbocycles. The highest BCUT2D eigenvalue weighted by atomic mass is 32.2. The van der Waals surface area contributed by atoms with Gasteiger partial charge in [-0.2, -0.15) is 4.31 Å². The first-order valence-corrected chi connectivity index (χ1v) is 10.2. The number of hydrogen-bond donors (Lipinski definition) is 0. The number of hydrogen-bond acceptors (Lipinski definition) is 5. The summed E-state index contributed by atoms with van der Waals surface area (Å²) in [6, 6.07) is 13.0. The van der Waals surface area contributed by atoms with Crippen molar-refractivity contribution < 1.29 is 22.7 Å². The Labute approximate surface area is 160 Å². The van der Waals surface area contributed by atoms with Crippen molar-refractivity contribution in [1.29, 1.82) is 0 Å². The average Bonchev–Trinajstić information content (AvgIpc) is 2.66. The van der Waals surface area contributed by atoms with E-state index in [-0.39, 0.29) is 23.1 Å². The summed E-state index contributed by atoms with van der Waals surface area (Å²) in [4.78, 5) is 12.5. The maximum atomic E-state index is 12.6. The second kappa shape index (κ2) is 9.01. The molecule has 0 aliphatic rings. The van der Waals surface area contributed by atoms with Gasteiger partial charge in [0.05, 0.1) is 17.1 Å². The number of esters is 1. The fourth-order valence-corrected chi connectivity index (χ4v) is 3.79. The van der Waals surface area contributed by atoms with Crippen LogP contribution in [-0.4, -0.2) is 38.4 Å². The summed E-state index contributed by atoms with van der Waals surface area (Å²) in [7, 11) is -2.16. The first kappa shape index (κ1) is 20.9. The lowest BCUT2D eigenvalue weighted by Gasteiger charge is -2.21. The Morgan fingerprint density at radius 2 is 1.81 bits per heavy atom. The fraction of sp³-hybridized carbons (Fsp3) is 0.350. The van der Waals surface area contributed by atoms with E-state index in [9.17, 15) is 13.2 Å². The van der Waals surface area contributed by atoms with E-state index in [2.05, 4.69) is 0 Å². The summed E-state index contributed by atoms with van der Waals surface area (Å²) in [5.74, 6) is 0.0632. The highest BCUT2D eigenvalue weighted by Gasteiger charge is 2.24. The van der Waals surface area contributed by atoms with Crippen LogP contribution >= 0.6 is 0 Å². The quantitative estimate of drug-likeness (QED) is 0.644. The molecule has 2 aromatic rings. The molecule has 0 heterocycles. The molecule has 0 N–H and O–H groups in total. The largest absolute Gasteiger partial charge is 0.493 e. The summed E-state index contributed by atoms with van der Waals surface area (Å²) < 4.78 is 37.3. The molecule has 0 atom stereocenters. The Balaban J connectivity index is 2.17. The normalized spacial score (nSPS) is 11.6. The van der Waals surface area contributed by atoms with Crippen molar-refractivity contribution in [2.24, 2.45) is 0 Å². The topological polar surface area (TPSA) is 72.9 Å². The van der Waals surface area contributed by atoms with Crippen LogP contribution in [-0.2, 0) is 21.4 Å². The van der Waals surface area contributed by atoms with Gasteiger partial charge in [0.25, 0.3) is 0 Å². The van der Waals surface area contributed by atoms with Crippen molar-refractivity contribution in [3.05, 3.63) is 59.7 Å². The van der Waals surface area contributed by atoms with Crippen LogP contribution in [0.3, 0.4) is 0 Å². The number of para-hydroxylation sites is 1. The second-order valence-electron chi connectivity index (χ2n) is 6.26. The Kier molecular flexibility index (Phi) is 6.98. The van der Waals surface area contributed by atoms with Gasteiger partial charge in [-0.25, -0.2) is 13.2 Å². The van der Waals surface area contributed by atoms with Gasteiger partial charge in [0, 0.05) is 18.7 Å². The summed E-state index contributed by atoms with van der Waals surface area (Å²) in [5.41, 5.74) is 0.929. The predicted molar refractivity (Wildman–Crippen MR) is 103 cm³/mol. The van der Waals surface area contributed by atoms with Gasteiger partial charge in [-0.1, -0.05) is 24.3 Å². The number of carbonyl (C=O) groups is 1. The van der Waals surface area contributed by atoms with E-state index in [1.54, 1.807) is 13.8 Å². The minimum atomic E-state index is -3.67. The maximum Gasteiger partial charge on any atom is 0.338 e. The van der Waals surface area contributed by atoms with Crippen molar-refractivity contribution >= 4 is 16.0 Å². The lowest BCUT2D eigenvalue weighted by atomic mass is 10.2. The van der Waals surface area contributed by atoms with Crippen molar-refractivity contribution in [1.82, 2.24) is 4.31 Å². The minimum Gasteiger partial charge on any atom is -0.493 e. The molecule has 6 nitrogen and oxygen atoms in total. The second-order valence-corrected chi connectivity index (χ2v) is 8.26. The van der Waals surface area contributed by atoms with Crippen LogP contribution in [0.2, 0.25) is 0 Å². The first-order chi connectivity index (χ1) is 12.8. The smallest absolute Gasteiger partial charge is 0.338 e. The lowest BCUT2D eigenvalue weighted by Crippen LogP contribution is -2.33. The number of sulfonamides is 1. The van der Waals surface area contributed by atoms with E-state index in [4.69, 9.17) is 9.47 Å². The third kappa shape index (κ3) is 5.08. The van der Waals surface area contributed by atoms with Gasteiger partial charge < -0.3 is 9.47 Å². The molecule has 146 valence electrons. The molecular formula is C20H25NO5S. The van der Waals surface area contributed by atoms with E-state index in [1.165, 1.54) is 35.6 Å². The first-order valence-electron chi connectivity index (χ1n) is 8.73. The number of ether oxygens (including phenoxy) is 2. The summed E-state index contributed by atoms with van der Waals surface area (Å²) >= 11 is 0. The molecule has 0 amide bonds. The van der Waals surface area contributed by atoms with E-state index in [0.717, 1.165) is 5.56 Å². The molecule has 0 aliphatic heterocycles. The van der Waals surface area contributed by atoms with Gasteiger partial charge in [0.2, 0.25) is 10.0 Å². The summed E-state index contributed by atoms with van der Waals surface area (Å²) in [6.07, 6.45) is 0. The molecule has 27 heavy (non-hydrogen) atoms. The zero-order valence-electron chi connectivity index (χ0n) is 16.0. The number of carbonyl (C=O) groups excluding carboxylic acids is 1. The molecule has 0 bridgehead atoms. The van der Waals surface area contributed by atoms with Crippen molar-refractivity contribution in [2.75, 3.05) is 13.7 Å². The highest BCUT2D eigenvalue weighted by molar-refractivity contribution is 7.89. The molecule has 2 rings (SSSR count). The number of nitrogens with zero attached hydrogens (tertiary/aromatic N) is 1. The van der Waals surface area contributed by atoms with E-state index in [1.807, 2.05) is 31.2 Å². The van der Waals surface area contributed by atoms with E-state index in [0.29, 0.717) is 12.4 Å². The summed E-state index contributed by atoms with van der Waals surface area (Å²) in [5, 5.41) is 0. The standard InChI is InChI=1S/C20H25NO5S/c1-5-25-19-12-7-6-9-17(19)14-26-20(22)16-10-8-11-18(13-16)27(23,24)21(4)15(2)3/h6-13,15H,5,14H2,1-4H3. The highest BCUT2D eigenvalue weighted by Crippen LogP contribution is 2.21. The third-order valence-electron chi connectivity index (χ3n) is 4.11. The van der Waals surface area contributed by atoms with Gasteiger partial charge in [-0.05, 0) is 45.0 Å². The monoisotopic (exact) mass is 391 g/mol. The molecular weight excluding hydrogens is 366 g/mol. The third-order valence-corrected chi connectivity index (χ3v) is 6.13. The molecule has 2 aromatic carbocycles. The molecule has 0 aromatic heterocycles. The van der Waals surface area contributed by atoms with Crippen LogP contribution < -0.4 is 4.74 Å². The summed E-state index contributed by atoms with van der Waals surface area (Å²) in [6.45, 7) is 5.99. The van der Waals surface area contributed by atoms with Crippen LogP contribution in [0.25, 0.3) is 0 Å². The minimum absolute atomic E-state index is 0.0396. The van der Waals surface area contributed by atoms with Crippen LogP contribution in [0.4, 0.5) is 0 Å². The Morgan fingerprint density at radius 1 is 1.11 bits per heavy atom. The zero-order chi connectivity index (χ0) is 20.0. The molecule has 0 saturated heterocycles. The zero-order valence-corrected chi connectivity index (χ0v) is 16.8. The van der Waals surface area contributed by atoms with Crippen LogP contribution in [0, 0.1) is 0 Å². The average molecular weight is 391 g/mol. The van der Waals surface area contributed by atoms with E-state index >= 15 is 0 Å². The lowest BCUT2D eigenvalue weighted by molar-refractivity contribution is 0.0469. The Bertz CT molecular complexity index is 893. The molecule has 0 saturated carbocycles. The van der Waals surface area contributed by atoms with Crippen LogP contribution in [0.1, 0.15) is 36.7 Å². The molecule has 0 spiro atoms. The number of rotatable bonds is 8. The Morgan fingerprint density at radius 3 is 2.48 bits per heavy atom. The van der Waals surface area contributed by atoms with Crippen molar-refractivity contribution in [2.45, 2.75) is 38.3 Å². The van der Waals surface area contributed by atoms with Crippen molar-refractivity contribution in [3.63, 3.8) is 0 Å². The van der Waals surface area contributed by atoms with Crippen LogP contribution in [0.15, 0.2) is 53.4 Å². The maximum absolute atomic E-state index is 12.6. The fourth-order valence-electron chi connectivity index (χ4n) is 2.37. The van der Waals surface area contributed by atoms with Gasteiger partial charge in [0.1, 0.15) is 12.4 Å². The van der Waals surface area contributed by atoms with Gasteiger partial charge in [-0.3, -0.25) is 0 Å². The molecule has 7 heteroatoms. The van der Waals surface area contributed by atoms with E-state index < -0.39 is 16.0 Å². The van der Waals surface area contributed by atoms with Crippen molar-refractivity contribution in [3.8, 4) is 5.75 Å². The van der Waals surface area contributed by atoms with Crippen LogP contribution in [0.5, 0.6) is 5.75 Å². The predicted octanol–water partition coefficient (Wildman–Crippen LogP) is 3.47. The number of benzene rings is 2.